The molecular formula is C14H16N2O2S. The summed E-state index contributed by atoms with van der Waals surface area (Å²) in [6, 6.07) is 9.21. The molecule has 0 spiro atoms. The van der Waals surface area contributed by atoms with E-state index in [0.29, 0.717) is 5.75 Å². The summed E-state index contributed by atoms with van der Waals surface area (Å²) in [5.74, 6) is 0.193. The maximum atomic E-state index is 10.7. The Morgan fingerprint density at radius 1 is 1.47 bits per heavy atom. The van der Waals surface area contributed by atoms with E-state index in [9.17, 15) is 4.79 Å². The van der Waals surface area contributed by atoms with E-state index in [0.717, 1.165) is 22.3 Å². The smallest absolute Gasteiger partial charge is 0.321 e. The van der Waals surface area contributed by atoms with Crippen LogP contribution in [0.25, 0.3) is 10.9 Å². The van der Waals surface area contributed by atoms with Gasteiger partial charge in [-0.25, -0.2) is 0 Å². The fourth-order valence-electron chi connectivity index (χ4n) is 1.88. The summed E-state index contributed by atoms with van der Waals surface area (Å²) < 4.78 is 0. The highest BCUT2D eigenvalue weighted by Gasteiger charge is 2.11. The SMILES string of the molecule is Cc1cc(CSC[C@H](N)C(=O)O)c2ccccc2n1. The molecule has 1 heterocycles. The van der Waals surface area contributed by atoms with Crippen molar-refractivity contribution in [3.8, 4) is 0 Å². The van der Waals surface area contributed by atoms with Gasteiger partial charge in [-0.2, -0.15) is 11.8 Å². The lowest BCUT2D eigenvalue weighted by atomic mass is 10.1. The lowest BCUT2D eigenvalue weighted by Gasteiger charge is -2.09. The molecule has 2 aromatic rings. The largest absolute Gasteiger partial charge is 0.480 e. The van der Waals surface area contributed by atoms with Gasteiger partial charge in [-0.3, -0.25) is 9.78 Å². The van der Waals surface area contributed by atoms with Crippen LogP contribution in [0.5, 0.6) is 0 Å². The molecule has 100 valence electrons. The third kappa shape index (κ3) is 3.45. The average Bonchev–Trinajstić information content (AvgIpc) is 2.38. The number of benzene rings is 1. The van der Waals surface area contributed by atoms with E-state index in [1.54, 1.807) is 0 Å². The van der Waals surface area contributed by atoms with Gasteiger partial charge in [0, 0.05) is 22.6 Å². The van der Waals surface area contributed by atoms with Crippen molar-refractivity contribution in [1.82, 2.24) is 4.98 Å². The summed E-state index contributed by atoms with van der Waals surface area (Å²) >= 11 is 1.53. The molecule has 5 heteroatoms. The number of nitrogens with two attached hydrogens (primary N) is 1. The minimum Gasteiger partial charge on any atom is -0.480 e. The minimum absolute atomic E-state index is 0.408. The zero-order chi connectivity index (χ0) is 13.8. The first-order valence-corrected chi connectivity index (χ1v) is 7.15. The number of para-hydroxylation sites is 1. The Bertz CT molecular complexity index is 601. The van der Waals surface area contributed by atoms with Crippen LogP contribution in [0.3, 0.4) is 0 Å². The quantitative estimate of drug-likeness (QED) is 0.875. The van der Waals surface area contributed by atoms with E-state index in [1.807, 2.05) is 37.3 Å². The first-order chi connectivity index (χ1) is 9.08. The number of carboxylic acid groups (broad SMARTS) is 1. The van der Waals surface area contributed by atoms with E-state index in [-0.39, 0.29) is 0 Å². The maximum absolute atomic E-state index is 10.7. The van der Waals surface area contributed by atoms with Gasteiger partial charge in [0.15, 0.2) is 0 Å². The summed E-state index contributed by atoms with van der Waals surface area (Å²) in [7, 11) is 0. The second-order valence-corrected chi connectivity index (χ2v) is 5.43. The molecule has 0 saturated heterocycles. The average molecular weight is 276 g/mol. The summed E-state index contributed by atoms with van der Waals surface area (Å²) in [5.41, 5.74) is 8.60. The molecule has 2 rings (SSSR count). The van der Waals surface area contributed by atoms with Crippen LogP contribution in [0.2, 0.25) is 0 Å². The fourth-order valence-corrected chi connectivity index (χ4v) is 2.85. The van der Waals surface area contributed by atoms with Crippen LogP contribution in [0.15, 0.2) is 30.3 Å². The highest BCUT2D eigenvalue weighted by molar-refractivity contribution is 7.98. The Morgan fingerprint density at radius 2 is 2.21 bits per heavy atom. The van der Waals surface area contributed by atoms with Crippen molar-refractivity contribution in [2.75, 3.05) is 5.75 Å². The molecule has 1 aromatic carbocycles. The maximum Gasteiger partial charge on any atom is 0.321 e. The standard InChI is InChI=1S/C14H16N2O2S/c1-9-6-10(7-19-8-12(15)14(17)18)11-4-2-3-5-13(11)16-9/h2-6,12H,7-8,15H2,1H3,(H,17,18)/t12-/m0/s1. The van der Waals surface area contributed by atoms with Gasteiger partial charge in [-0.15, -0.1) is 0 Å². The predicted octanol–water partition coefficient (Wildman–Crippen LogP) is 2.19. The molecule has 4 nitrogen and oxygen atoms in total. The molecule has 0 aliphatic carbocycles. The number of fused-ring (bicyclic) bond motifs is 1. The van der Waals surface area contributed by atoms with Crippen LogP contribution in [-0.2, 0) is 10.5 Å². The van der Waals surface area contributed by atoms with E-state index in [4.69, 9.17) is 10.8 Å². The molecule has 0 radical (unpaired) electrons. The van der Waals surface area contributed by atoms with Crippen molar-refractivity contribution in [2.24, 2.45) is 5.73 Å². The number of carbonyl (C=O) groups is 1. The Kier molecular flexibility index (Phi) is 4.39. The van der Waals surface area contributed by atoms with Gasteiger partial charge in [0.25, 0.3) is 0 Å². The van der Waals surface area contributed by atoms with Crippen LogP contribution < -0.4 is 5.73 Å². The molecule has 0 unspecified atom stereocenters. The van der Waals surface area contributed by atoms with E-state index in [2.05, 4.69) is 4.98 Å². The number of hydrogen-bond donors (Lipinski definition) is 2. The number of rotatable bonds is 5. The van der Waals surface area contributed by atoms with Gasteiger partial charge in [0.05, 0.1) is 5.52 Å². The lowest BCUT2D eigenvalue weighted by Crippen LogP contribution is -2.32. The van der Waals surface area contributed by atoms with Crippen molar-refractivity contribution < 1.29 is 9.90 Å². The van der Waals surface area contributed by atoms with Crippen LogP contribution in [0, 0.1) is 6.92 Å². The van der Waals surface area contributed by atoms with Crippen LogP contribution >= 0.6 is 11.8 Å². The molecule has 0 amide bonds. The summed E-state index contributed by atoms with van der Waals surface area (Å²) in [5, 5.41) is 9.86. The molecular weight excluding hydrogens is 260 g/mol. The Balaban J connectivity index is 2.14. The summed E-state index contributed by atoms with van der Waals surface area (Å²) in [6.45, 7) is 1.96. The Morgan fingerprint density at radius 3 is 2.95 bits per heavy atom. The highest BCUT2D eigenvalue weighted by Crippen LogP contribution is 2.22. The molecule has 1 atom stereocenters. The van der Waals surface area contributed by atoms with Crippen LogP contribution in [0.4, 0.5) is 0 Å². The number of thioether (sulfide) groups is 1. The summed E-state index contributed by atoms with van der Waals surface area (Å²) in [6.07, 6.45) is 0. The first kappa shape index (κ1) is 13.8. The van der Waals surface area contributed by atoms with E-state index in [1.165, 1.54) is 17.3 Å². The van der Waals surface area contributed by atoms with Gasteiger partial charge in [0.2, 0.25) is 0 Å². The molecule has 0 bridgehead atoms. The zero-order valence-corrected chi connectivity index (χ0v) is 11.5. The number of hydrogen-bond acceptors (Lipinski definition) is 4. The van der Waals surface area contributed by atoms with Crippen molar-refractivity contribution in [1.29, 1.82) is 0 Å². The van der Waals surface area contributed by atoms with Gasteiger partial charge >= 0.3 is 5.97 Å². The fraction of sp³-hybridized carbons (Fsp3) is 0.286. The minimum atomic E-state index is -0.955. The molecule has 0 saturated carbocycles. The molecule has 1 aromatic heterocycles. The number of pyridine rings is 1. The van der Waals surface area contributed by atoms with Crippen molar-refractivity contribution >= 4 is 28.6 Å². The molecule has 0 fully saturated rings. The second kappa shape index (κ2) is 6.04. The van der Waals surface area contributed by atoms with E-state index < -0.39 is 12.0 Å². The molecule has 0 aliphatic rings. The summed E-state index contributed by atoms with van der Waals surface area (Å²) in [4.78, 5) is 15.1. The molecule has 0 aliphatic heterocycles. The predicted molar refractivity (Wildman–Crippen MR) is 78.3 cm³/mol. The van der Waals surface area contributed by atoms with Crippen LogP contribution in [-0.4, -0.2) is 27.9 Å². The second-order valence-electron chi connectivity index (χ2n) is 4.40. The highest BCUT2D eigenvalue weighted by atomic mass is 32.2. The van der Waals surface area contributed by atoms with Crippen LogP contribution in [0.1, 0.15) is 11.3 Å². The van der Waals surface area contributed by atoms with Gasteiger partial charge in [0.1, 0.15) is 6.04 Å². The third-order valence-corrected chi connectivity index (χ3v) is 3.91. The van der Waals surface area contributed by atoms with Gasteiger partial charge in [-0.05, 0) is 24.6 Å². The zero-order valence-electron chi connectivity index (χ0n) is 10.7. The number of carboxylic acids is 1. The topological polar surface area (TPSA) is 76.2 Å². The lowest BCUT2D eigenvalue weighted by molar-refractivity contribution is -0.137. The number of aromatic nitrogens is 1. The Labute approximate surface area is 116 Å². The van der Waals surface area contributed by atoms with Crippen molar-refractivity contribution in [2.45, 2.75) is 18.7 Å². The van der Waals surface area contributed by atoms with Crippen molar-refractivity contribution in [3.63, 3.8) is 0 Å². The van der Waals surface area contributed by atoms with Gasteiger partial charge in [-0.1, -0.05) is 18.2 Å². The monoisotopic (exact) mass is 276 g/mol. The molecule has 3 N–H and O–H groups in total. The number of nitrogens with zero attached hydrogens (tertiary/aromatic N) is 1. The number of aliphatic carboxylic acids is 1. The normalized spacial score (nSPS) is 12.5. The molecule has 19 heavy (non-hydrogen) atoms. The third-order valence-electron chi connectivity index (χ3n) is 2.80. The Hall–Kier alpha value is -1.59. The van der Waals surface area contributed by atoms with E-state index >= 15 is 0 Å². The number of aryl methyl sites for hydroxylation is 1. The first-order valence-electron chi connectivity index (χ1n) is 5.99. The van der Waals surface area contributed by atoms with Crippen molar-refractivity contribution in [3.05, 3.63) is 41.6 Å². The van der Waals surface area contributed by atoms with Gasteiger partial charge < -0.3 is 10.8 Å².